The highest BCUT2D eigenvalue weighted by Crippen LogP contribution is 2.29. The maximum Gasteiger partial charge on any atom is 0.254 e. The first-order valence-corrected chi connectivity index (χ1v) is 8.48. The summed E-state index contributed by atoms with van der Waals surface area (Å²) in [5.41, 5.74) is 0.935. The van der Waals surface area contributed by atoms with E-state index in [-0.39, 0.29) is 0 Å². The molecule has 144 valence electrons. The van der Waals surface area contributed by atoms with Crippen LogP contribution in [0.25, 0.3) is 0 Å². The van der Waals surface area contributed by atoms with Crippen molar-refractivity contribution in [3.8, 4) is 5.75 Å². The normalized spacial score (nSPS) is 32.4. The van der Waals surface area contributed by atoms with Crippen molar-refractivity contribution in [3.63, 3.8) is 0 Å². The summed E-state index contributed by atoms with van der Waals surface area (Å²) in [5.74, 6) is 0.223. The number of ether oxygens (including phenoxy) is 2. The highest BCUT2D eigenvalue weighted by atomic mass is 16.6. The number of anilines is 1. The minimum atomic E-state index is -1.72. The smallest absolute Gasteiger partial charge is 0.254 e. The third-order valence-electron chi connectivity index (χ3n) is 4.85. The van der Waals surface area contributed by atoms with Gasteiger partial charge < -0.3 is 39.7 Å². The Labute approximate surface area is 151 Å². The average molecular weight is 368 g/mol. The molecular formula is C17H24N2O7. The molecule has 2 aliphatic rings. The third kappa shape index (κ3) is 3.49. The predicted octanol–water partition coefficient (Wildman–Crippen LogP) is -1.86. The maximum atomic E-state index is 12.6. The van der Waals surface area contributed by atoms with Crippen LogP contribution in [0.4, 0.5) is 5.69 Å². The molecule has 1 amide bonds. The highest BCUT2D eigenvalue weighted by Gasteiger charge is 2.47. The Hall–Kier alpha value is -1.91. The highest BCUT2D eigenvalue weighted by molar-refractivity contribution is 5.82. The topological polar surface area (TPSA) is 123 Å². The van der Waals surface area contributed by atoms with Gasteiger partial charge in [-0.3, -0.25) is 4.79 Å². The van der Waals surface area contributed by atoms with Crippen molar-refractivity contribution in [2.75, 3.05) is 38.2 Å². The number of carbonyl (C=O) groups is 1. The van der Waals surface area contributed by atoms with Gasteiger partial charge in [0.15, 0.2) is 12.4 Å². The van der Waals surface area contributed by atoms with Crippen molar-refractivity contribution < 1.29 is 34.7 Å². The van der Waals surface area contributed by atoms with Crippen molar-refractivity contribution in [2.45, 2.75) is 30.7 Å². The third-order valence-corrected chi connectivity index (χ3v) is 4.85. The first-order valence-electron chi connectivity index (χ1n) is 8.48. The van der Waals surface area contributed by atoms with Gasteiger partial charge in [-0.05, 0) is 12.1 Å². The fourth-order valence-corrected chi connectivity index (χ4v) is 3.30. The van der Waals surface area contributed by atoms with Crippen LogP contribution in [0.3, 0.4) is 0 Å². The van der Waals surface area contributed by atoms with Crippen molar-refractivity contribution in [1.82, 2.24) is 4.90 Å². The number of methoxy groups -OCH3 is 1. The Balaban J connectivity index is 1.63. The summed E-state index contributed by atoms with van der Waals surface area (Å²) in [7, 11) is 1.60. The molecule has 0 bridgehead atoms. The molecule has 0 radical (unpaired) electrons. The van der Waals surface area contributed by atoms with E-state index in [0.29, 0.717) is 26.2 Å². The van der Waals surface area contributed by atoms with Gasteiger partial charge in [-0.25, -0.2) is 0 Å². The number of piperazine rings is 1. The SMILES string of the molecule is COc1ccccc1N1CCN(C(=O)[C@H]2OC(O)[C@H](O)[C@@H](O)[C@@H]2O)CC1. The van der Waals surface area contributed by atoms with E-state index >= 15 is 0 Å². The minimum Gasteiger partial charge on any atom is -0.495 e. The summed E-state index contributed by atoms with van der Waals surface area (Å²) < 4.78 is 10.4. The van der Waals surface area contributed by atoms with E-state index in [9.17, 15) is 25.2 Å². The first kappa shape index (κ1) is 18.9. The van der Waals surface area contributed by atoms with E-state index < -0.39 is 36.6 Å². The zero-order chi connectivity index (χ0) is 18.8. The fraction of sp³-hybridized carbons (Fsp3) is 0.588. The molecular weight excluding hydrogens is 344 g/mol. The summed E-state index contributed by atoms with van der Waals surface area (Å²) >= 11 is 0. The number of nitrogens with zero attached hydrogens (tertiary/aromatic N) is 2. The van der Waals surface area contributed by atoms with Gasteiger partial charge in [0.1, 0.15) is 24.1 Å². The van der Waals surface area contributed by atoms with Gasteiger partial charge in [-0.2, -0.15) is 0 Å². The minimum absolute atomic E-state index is 0.387. The van der Waals surface area contributed by atoms with Crippen LogP contribution < -0.4 is 9.64 Å². The molecule has 3 rings (SSSR count). The van der Waals surface area contributed by atoms with Gasteiger partial charge in [-0.15, -0.1) is 0 Å². The first-order chi connectivity index (χ1) is 12.4. The summed E-state index contributed by atoms with van der Waals surface area (Å²) in [4.78, 5) is 16.2. The fourth-order valence-electron chi connectivity index (χ4n) is 3.30. The van der Waals surface area contributed by atoms with Crippen LogP contribution >= 0.6 is 0 Å². The summed E-state index contributed by atoms with van der Waals surface area (Å²) in [6.45, 7) is 1.89. The average Bonchev–Trinajstić information content (AvgIpc) is 2.68. The molecule has 0 saturated carbocycles. The molecule has 2 fully saturated rings. The van der Waals surface area contributed by atoms with Crippen LogP contribution in [-0.2, 0) is 9.53 Å². The Morgan fingerprint density at radius 1 is 1.04 bits per heavy atom. The van der Waals surface area contributed by atoms with Gasteiger partial charge >= 0.3 is 0 Å². The Morgan fingerprint density at radius 3 is 2.35 bits per heavy atom. The number of carbonyl (C=O) groups excluding carboxylic acids is 1. The Bertz CT molecular complexity index is 635. The van der Waals surface area contributed by atoms with E-state index in [0.717, 1.165) is 11.4 Å². The van der Waals surface area contributed by atoms with E-state index in [1.807, 2.05) is 24.3 Å². The standard InChI is InChI=1S/C17H24N2O7/c1-25-11-5-3-2-4-10(11)18-6-8-19(9-7-18)16(23)15-13(21)12(20)14(22)17(24)26-15/h2-5,12-15,17,20-22,24H,6-9H2,1H3/t12-,13-,14+,15-,17?/m0/s1. The molecule has 2 aliphatic heterocycles. The second-order valence-electron chi connectivity index (χ2n) is 6.40. The van der Waals surface area contributed by atoms with Crippen LogP contribution in [0.5, 0.6) is 5.75 Å². The van der Waals surface area contributed by atoms with Gasteiger partial charge in [0.25, 0.3) is 5.91 Å². The van der Waals surface area contributed by atoms with E-state index in [1.54, 1.807) is 7.11 Å². The van der Waals surface area contributed by atoms with Gasteiger partial charge in [0, 0.05) is 26.2 Å². The molecule has 0 spiro atoms. The Kier molecular flexibility index (Phi) is 5.64. The Morgan fingerprint density at radius 2 is 1.69 bits per heavy atom. The van der Waals surface area contributed by atoms with Gasteiger partial charge in [0.05, 0.1) is 12.8 Å². The molecule has 26 heavy (non-hydrogen) atoms. The lowest BCUT2D eigenvalue weighted by Gasteiger charge is -2.42. The van der Waals surface area contributed by atoms with Crippen molar-refractivity contribution in [1.29, 1.82) is 0 Å². The molecule has 1 aromatic rings. The van der Waals surface area contributed by atoms with E-state index in [1.165, 1.54) is 4.90 Å². The molecule has 4 N–H and O–H groups in total. The quantitative estimate of drug-likeness (QED) is 0.490. The van der Waals surface area contributed by atoms with Crippen molar-refractivity contribution >= 4 is 11.6 Å². The lowest BCUT2D eigenvalue weighted by molar-refractivity contribution is -0.278. The van der Waals surface area contributed by atoms with E-state index in [4.69, 9.17) is 9.47 Å². The van der Waals surface area contributed by atoms with Crippen molar-refractivity contribution in [2.24, 2.45) is 0 Å². The number of hydrogen-bond donors (Lipinski definition) is 4. The molecule has 5 atom stereocenters. The van der Waals surface area contributed by atoms with Crippen LogP contribution in [0, 0.1) is 0 Å². The zero-order valence-electron chi connectivity index (χ0n) is 14.4. The second-order valence-corrected chi connectivity index (χ2v) is 6.40. The second kappa shape index (κ2) is 7.77. The van der Waals surface area contributed by atoms with Crippen LogP contribution in [0.1, 0.15) is 0 Å². The van der Waals surface area contributed by atoms with Crippen LogP contribution in [-0.4, -0.2) is 95.2 Å². The largest absolute Gasteiger partial charge is 0.495 e. The lowest BCUT2D eigenvalue weighted by Crippen LogP contribution is -2.63. The van der Waals surface area contributed by atoms with Gasteiger partial charge in [-0.1, -0.05) is 12.1 Å². The summed E-state index contributed by atoms with van der Waals surface area (Å²) in [6, 6.07) is 7.61. The van der Waals surface area contributed by atoms with E-state index in [2.05, 4.69) is 4.90 Å². The monoisotopic (exact) mass is 368 g/mol. The molecule has 2 heterocycles. The molecule has 1 unspecified atom stereocenters. The molecule has 2 saturated heterocycles. The molecule has 9 nitrogen and oxygen atoms in total. The number of hydrogen-bond acceptors (Lipinski definition) is 8. The zero-order valence-corrected chi connectivity index (χ0v) is 14.4. The van der Waals surface area contributed by atoms with Crippen molar-refractivity contribution in [3.05, 3.63) is 24.3 Å². The summed E-state index contributed by atoms with van der Waals surface area (Å²) in [5, 5.41) is 38.9. The predicted molar refractivity (Wildman–Crippen MR) is 90.7 cm³/mol. The van der Waals surface area contributed by atoms with Crippen LogP contribution in [0.2, 0.25) is 0 Å². The molecule has 9 heteroatoms. The number of benzene rings is 1. The molecule has 0 aliphatic carbocycles. The maximum absolute atomic E-state index is 12.6. The molecule has 1 aromatic carbocycles. The number of amides is 1. The van der Waals surface area contributed by atoms with Gasteiger partial charge in [0.2, 0.25) is 0 Å². The number of aliphatic hydroxyl groups is 4. The number of para-hydroxylation sites is 2. The summed E-state index contributed by atoms with van der Waals surface area (Å²) in [6.07, 6.45) is -8.05. The number of aliphatic hydroxyl groups excluding tert-OH is 4. The number of rotatable bonds is 3. The lowest BCUT2D eigenvalue weighted by atomic mass is 9.98. The molecule has 0 aromatic heterocycles. The van der Waals surface area contributed by atoms with Crippen LogP contribution in [0.15, 0.2) is 24.3 Å².